The van der Waals surface area contributed by atoms with Gasteiger partial charge in [0.1, 0.15) is 11.4 Å². The summed E-state index contributed by atoms with van der Waals surface area (Å²) in [6.07, 6.45) is 0. The standard InChI is InChI=1S/C17H19ClN4O5S.Na/c1-19-22(20-14-9-11(18)5-8-16(14)27-4)15-7-6-12(10-13(15)17(23)24)28(25,26)21(2)3;/h5-10H,1-4H3,(H-,19,20,23,24);/q;+1. The van der Waals surface area contributed by atoms with Gasteiger partial charge >= 0.3 is 29.6 Å². The fourth-order valence-electron chi connectivity index (χ4n) is 2.33. The van der Waals surface area contributed by atoms with Crippen LogP contribution in [0, 0.1) is 0 Å². The molecule has 0 aliphatic rings. The van der Waals surface area contributed by atoms with E-state index in [0.717, 1.165) is 15.2 Å². The summed E-state index contributed by atoms with van der Waals surface area (Å²) in [5, 5.41) is 16.1. The molecule has 0 saturated carbocycles. The van der Waals surface area contributed by atoms with Crippen molar-refractivity contribution in [2.45, 2.75) is 4.90 Å². The molecule has 150 valence electrons. The second kappa shape index (κ2) is 10.4. The number of rotatable bonds is 7. The number of ether oxygens (including phenoxy) is 1. The number of hydrazine groups is 1. The normalized spacial score (nSPS) is 11.7. The van der Waals surface area contributed by atoms with Gasteiger partial charge in [0.25, 0.3) is 5.69 Å². The molecule has 0 aliphatic heterocycles. The number of hydrogen-bond acceptors (Lipinski definition) is 6. The molecule has 1 N–H and O–H groups in total. The summed E-state index contributed by atoms with van der Waals surface area (Å²) in [5.74, 6) is -1.11. The summed E-state index contributed by atoms with van der Waals surface area (Å²) in [6.45, 7) is 0. The molecule has 2 aromatic carbocycles. The molecule has 0 spiro atoms. The smallest absolute Gasteiger partial charge is 0.545 e. The third-order valence-corrected chi connectivity index (χ3v) is 5.83. The van der Waals surface area contributed by atoms with E-state index in [9.17, 15) is 18.3 Å². The zero-order valence-electron chi connectivity index (χ0n) is 16.6. The van der Waals surface area contributed by atoms with Gasteiger partial charge in [-0.05, 0) is 35.4 Å². The van der Waals surface area contributed by atoms with Crippen molar-refractivity contribution < 1.29 is 57.4 Å². The number of azo groups is 1. The van der Waals surface area contributed by atoms with Crippen LogP contribution in [-0.4, -0.2) is 51.8 Å². The molecular formula is C17H19ClN4NaO5S+. The van der Waals surface area contributed by atoms with Crippen LogP contribution in [0.3, 0.4) is 0 Å². The van der Waals surface area contributed by atoms with Gasteiger partial charge in [-0.25, -0.2) is 12.7 Å². The van der Waals surface area contributed by atoms with Gasteiger partial charge in [-0.2, -0.15) is 0 Å². The largest absolute Gasteiger partial charge is 1.00 e. The average Bonchev–Trinajstić information content (AvgIpc) is 2.65. The number of carboxylic acids is 1. The van der Waals surface area contributed by atoms with Gasteiger partial charge in [0, 0.05) is 30.0 Å². The maximum atomic E-state index is 12.3. The third kappa shape index (κ3) is 5.68. The average molecular weight is 450 g/mol. The Bertz CT molecular complexity index is 1040. The van der Waals surface area contributed by atoms with Gasteiger partial charge < -0.3 is 14.6 Å². The van der Waals surface area contributed by atoms with Crippen LogP contribution in [0.5, 0.6) is 5.75 Å². The number of nitrogens with zero attached hydrogens (tertiary/aromatic N) is 3. The Kier molecular flexibility index (Phi) is 9.07. The van der Waals surface area contributed by atoms with E-state index in [2.05, 4.69) is 10.5 Å². The van der Waals surface area contributed by atoms with E-state index in [4.69, 9.17) is 16.3 Å². The third-order valence-electron chi connectivity index (χ3n) is 3.78. The Morgan fingerprint density at radius 3 is 2.41 bits per heavy atom. The first-order valence-corrected chi connectivity index (χ1v) is 9.71. The minimum absolute atomic E-state index is 0. The number of carboxylic acid groups (broad SMARTS) is 1. The fourth-order valence-corrected chi connectivity index (χ4v) is 3.43. The second-order valence-corrected chi connectivity index (χ2v) is 8.31. The Morgan fingerprint density at radius 1 is 1.24 bits per heavy atom. The SMILES string of the molecule is CN=[N+](Nc1cc(Cl)ccc1OC)c1ccc(S(=O)(=O)N(C)C)cc1C(=O)[O-].[Na+]. The number of halogens is 1. The van der Waals surface area contributed by atoms with E-state index < -0.39 is 16.0 Å². The van der Waals surface area contributed by atoms with Crippen molar-refractivity contribution >= 4 is 39.0 Å². The molecular weight excluding hydrogens is 431 g/mol. The Balaban J connectivity index is 0.00000420. The topological polar surface area (TPSA) is 114 Å². The first-order chi connectivity index (χ1) is 13.1. The van der Waals surface area contributed by atoms with Crippen LogP contribution >= 0.6 is 11.6 Å². The molecule has 0 amide bonds. The van der Waals surface area contributed by atoms with Crippen molar-refractivity contribution in [3.05, 3.63) is 47.0 Å². The van der Waals surface area contributed by atoms with E-state index in [1.807, 2.05) is 0 Å². The maximum Gasteiger partial charge on any atom is 1.00 e. The van der Waals surface area contributed by atoms with Crippen LogP contribution in [0.1, 0.15) is 10.4 Å². The first kappa shape index (κ1) is 25.3. The number of benzene rings is 2. The molecule has 2 aromatic rings. The number of anilines is 1. The van der Waals surface area contributed by atoms with Crippen molar-refractivity contribution in [2.24, 2.45) is 5.11 Å². The summed E-state index contributed by atoms with van der Waals surface area (Å²) in [7, 11) is 1.77. The molecule has 29 heavy (non-hydrogen) atoms. The first-order valence-electron chi connectivity index (χ1n) is 7.89. The molecule has 0 heterocycles. The number of nitrogens with one attached hydrogen (secondary N) is 1. The molecule has 12 heteroatoms. The molecule has 0 radical (unpaired) electrons. The van der Waals surface area contributed by atoms with E-state index >= 15 is 0 Å². The fraction of sp³-hybridized carbons (Fsp3) is 0.235. The zero-order valence-corrected chi connectivity index (χ0v) is 20.2. The predicted octanol–water partition coefficient (Wildman–Crippen LogP) is -1.28. The summed E-state index contributed by atoms with van der Waals surface area (Å²) in [4.78, 5) is 12.6. The van der Waals surface area contributed by atoms with Gasteiger partial charge in [0.05, 0.1) is 30.6 Å². The summed E-state index contributed by atoms with van der Waals surface area (Å²) >= 11 is 6.01. The number of aromatic carboxylic acids is 1. The van der Waals surface area contributed by atoms with Crippen LogP contribution in [0.2, 0.25) is 5.02 Å². The van der Waals surface area contributed by atoms with Crippen LogP contribution in [0.4, 0.5) is 11.4 Å². The van der Waals surface area contributed by atoms with Crippen LogP contribution in [-0.2, 0) is 10.0 Å². The van der Waals surface area contributed by atoms with Crippen molar-refractivity contribution in [2.75, 3.05) is 33.7 Å². The van der Waals surface area contributed by atoms with Crippen molar-refractivity contribution in [1.29, 1.82) is 0 Å². The minimum atomic E-state index is -3.82. The molecule has 0 fully saturated rings. The van der Waals surface area contributed by atoms with Crippen molar-refractivity contribution in [3.63, 3.8) is 0 Å². The zero-order chi connectivity index (χ0) is 21.1. The molecule has 0 bridgehead atoms. The summed E-state index contributed by atoms with van der Waals surface area (Å²) in [5.41, 5.74) is 3.03. The van der Waals surface area contributed by atoms with Crippen molar-refractivity contribution in [3.8, 4) is 5.75 Å². The Labute approximate surface area is 196 Å². The second-order valence-electron chi connectivity index (χ2n) is 5.72. The molecule has 0 saturated heterocycles. The Hall–Kier alpha value is -1.69. The number of carbonyl (C=O) groups is 1. The van der Waals surface area contributed by atoms with E-state index in [0.29, 0.717) is 16.5 Å². The van der Waals surface area contributed by atoms with Gasteiger partial charge in [-0.15, -0.1) is 5.43 Å². The number of sulfonamides is 1. The molecule has 0 aromatic heterocycles. The van der Waals surface area contributed by atoms with E-state index in [1.54, 1.807) is 18.2 Å². The number of hydrogen-bond donors (Lipinski definition) is 1. The van der Waals surface area contributed by atoms with E-state index in [-0.39, 0.29) is 45.7 Å². The molecule has 0 atom stereocenters. The van der Waals surface area contributed by atoms with Crippen LogP contribution < -0.4 is 44.8 Å². The van der Waals surface area contributed by atoms with Gasteiger partial charge in [0.15, 0.2) is 0 Å². The predicted molar refractivity (Wildman–Crippen MR) is 102 cm³/mol. The van der Waals surface area contributed by atoms with Gasteiger partial charge in [-0.1, -0.05) is 11.6 Å². The molecule has 9 nitrogen and oxygen atoms in total. The minimum Gasteiger partial charge on any atom is -0.545 e. The quantitative estimate of drug-likeness (QED) is 0.244. The van der Waals surface area contributed by atoms with Crippen LogP contribution in [0.25, 0.3) is 0 Å². The summed E-state index contributed by atoms with van der Waals surface area (Å²) < 4.78 is 30.8. The summed E-state index contributed by atoms with van der Waals surface area (Å²) in [6, 6.07) is 8.46. The van der Waals surface area contributed by atoms with E-state index in [1.165, 1.54) is 40.4 Å². The van der Waals surface area contributed by atoms with Gasteiger partial charge in [-0.3, -0.25) is 0 Å². The van der Waals surface area contributed by atoms with Crippen LogP contribution in [0.15, 0.2) is 46.4 Å². The monoisotopic (exact) mass is 449 g/mol. The van der Waals surface area contributed by atoms with Gasteiger partial charge in [0.2, 0.25) is 10.0 Å². The molecule has 2 rings (SSSR count). The molecule has 0 unspecified atom stereocenters. The Morgan fingerprint density at radius 2 is 1.90 bits per heavy atom. The van der Waals surface area contributed by atoms with Crippen molar-refractivity contribution in [1.82, 2.24) is 4.31 Å². The number of carbonyl (C=O) groups excluding carboxylic acids is 1. The molecule has 0 aliphatic carbocycles. The maximum absolute atomic E-state index is 12.3. The number of methoxy groups -OCH3 is 1.